The van der Waals surface area contributed by atoms with Crippen molar-refractivity contribution in [1.29, 1.82) is 0 Å². The number of alkyl halides is 2. The number of carbonyl (C=O) groups excluding carboxylic acids is 9. The van der Waals surface area contributed by atoms with Crippen molar-refractivity contribution < 1.29 is 104 Å². The highest BCUT2D eigenvalue weighted by Crippen LogP contribution is 2.42. The predicted octanol–water partition coefficient (Wildman–Crippen LogP) is 2.65. The van der Waals surface area contributed by atoms with Gasteiger partial charge in [-0.05, 0) is 55.9 Å². The molecule has 5 heterocycles. The fourth-order valence-electron chi connectivity index (χ4n) is 10.3. The monoisotopic (exact) mass is 1370 g/mol. The van der Waals surface area contributed by atoms with E-state index in [4.69, 9.17) is 57.1 Å². The van der Waals surface area contributed by atoms with E-state index in [1.807, 2.05) is 6.92 Å². The van der Waals surface area contributed by atoms with Crippen LogP contribution in [0.15, 0.2) is 41.2 Å². The van der Waals surface area contributed by atoms with Gasteiger partial charge in [0.25, 0.3) is 23.8 Å². The van der Waals surface area contributed by atoms with E-state index in [0.29, 0.717) is 114 Å². The van der Waals surface area contributed by atoms with E-state index < -0.39 is 95.1 Å². The second kappa shape index (κ2) is 40.2. The summed E-state index contributed by atoms with van der Waals surface area (Å²) in [4.78, 5) is 137. The number of rotatable bonds is 46. The predicted molar refractivity (Wildman–Crippen MR) is 341 cm³/mol. The van der Waals surface area contributed by atoms with Crippen molar-refractivity contribution in [3.05, 3.63) is 74.6 Å². The third kappa shape index (κ3) is 22.8. The van der Waals surface area contributed by atoms with E-state index in [9.17, 15) is 56.7 Å². The summed E-state index contributed by atoms with van der Waals surface area (Å²) < 4.78 is 88.6. The molecule has 0 saturated heterocycles. The summed E-state index contributed by atoms with van der Waals surface area (Å²) in [6.07, 6.45) is -2.35. The van der Waals surface area contributed by atoms with Crippen molar-refractivity contribution in [2.24, 2.45) is 5.92 Å². The maximum Gasteiger partial charge on any atom is 0.509 e. The molecule has 0 spiro atoms. The number of thioether (sulfide) groups is 1. The second-order valence-corrected chi connectivity index (χ2v) is 23.5. The number of esters is 1. The Kier molecular flexibility index (Phi) is 32.5. The number of ether oxygens (including phenoxy) is 11. The Labute approximate surface area is 558 Å². The number of hydrogen-bond donors (Lipinski definition) is 5. The maximum absolute atomic E-state index is 14.1. The number of methoxy groups -OCH3 is 1. The van der Waals surface area contributed by atoms with Gasteiger partial charge in [0, 0.05) is 73.0 Å². The standard InChI is InChI=1S/C64H88F2N8O21S/c1-7-43-44-35-42(57(65)66)9-10-48(44)71-56-45(43)37-74-50(56)36-47-46(61(74)82)38-94-62(83)64(47,8-2)95-63(84)93-33-34-96-39-68-58(79)41(5)69-60(81)55(40(3)4)72-51(75)12-11-49(70-52(76)15-17-73-53(77)13-14-54(73)78)59(80)67-16-18-86-21-22-88-25-26-90-29-30-92-32-31-91-28-27-89-24-23-87-20-19-85-6/h9-10,13-14,35-36,40-41,49,55,57H,7-8,11-12,15-34,37-39H2,1-6H3,(H,67,80)(H,68,79)(H,69,81)(H,70,76)(H,72,75)/t41-,49-,55-,64-/m0/s1. The fraction of sp³-hybridized carbons (Fsp3) is 0.609. The Hall–Kier alpha value is -7.56. The number of nitrogens with one attached hydrogen (secondary N) is 5. The van der Waals surface area contributed by atoms with Crippen LogP contribution in [0.3, 0.4) is 0 Å². The zero-order valence-electron chi connectivity index (χ0n) is 55.0. The summed E-state index contributed by atoms with van der Waals surface area (Å²) in [7, 11) is 1.61. The van der Waals surface area contributed by atoms with Gasteiger partial charge in [-0.3, -0.25) is 43.3 Å². The minimum absolute atomic E-state index is 0.00577. The fourth-order valence-corrected chi connectivity index (χ4v) is 10.9. The van der Waals surface area contributed by atoms with E-state index in [1.165, 1.54) is 29.7 Å². The molecule has 2 aromatic heterocycles. The lowest BCUT2D eigenvalue weighted by molar-refractivity contribution is -0.175. The van der Waals surface area contributed by atoms with Crippen LogP contribution in [-0.4, -0.2) is 224 Å². The number of aromatic nitrogens is 2. The Morgan fingerprint density at radius 3 is 1.86 bits per heavy atom. The molecule has 5 N–H and O–H groups in total. The molecule has 0 fully saturated rings. The molecule has 6 rings (SSSR count). The molecule has 0 radical (unpaired) electrons. The van der Waals surface area contributed by atoms with Gasteiger partial charge < -0.3 is 83.3 Å². The molecule has 530 valence electrons. The summed E-state index contributed by atoms with van der Waals surface area (Å²) in [5, 5.41) is 13.7. The lowest BCUT2D eigenvalue weighted by atomic mass is 9.85. The molecule has 7 amide bonds. The minimum Gasteiger partial charge on any atom is -0.457 e. The van der Waals surface area contributed by atoms with Crippen LogP contribution in [0.4, 0.5) is 13.6 Å². The second-order valence-electron chi connectivity index (χ2n) is 22.4. The SMILES string of the molecule is CCc1c2c(nc3ccc(C(F)F)cc13)-c1cc3c(c(=O)n1C2)COC(=O)[C@@]3(CC)OC(=O)OCCSCNC(=O)[C@H](C)NC(=O)[C@@H](NC(=O)CC[C@H](NC(=O)CCN1C(=O)C=CC1=O)C(=O)NCCOCCOCCOCCOCCOCCOCCOCCOC)C(C)C. The molecule has 96 heavy (non-hydrogen) atoms. The number of imide groups is 1. The van der Waals surface area contributed by atoms with Crippen LogP contribution in [0.2, 0.25) is 0 Å². The highest BCUT2D eigenvalue weighted by Gasteiger charge is 2.51. The first kappa shape index (κ1) is 77.4. The zero-order chi connectivity index (χ0) is 69.6. The Morgan fingerprint density at radius 1 is 0.698 bits per heavy atom. The highest BCUT2D eigenvalue weighted by atomic mass is 32.2. The van der Waals surface area contributed by atoms with Gasteiger partial charge in [0.15, 0.2) is 0 Å². The number of nitrogens with zero attached hydrogens (tertiary/aromatic N) is 3. The van der Waals surface area contributed by atoms with Crippen molar-refractivity contribution in [3.8, 4) is 11.4 Å². The molecule has 3 aliphatic rings. The number of fused-ring (bicyclic) bond motifs is 5. The maximum atomic E-state index is 14.1. The van der Waals surface area contributed by atoms with Crippen LogP contribution in [0.5, 0.6) is 0 Å². The average molecular weight is 1380 g/mol. The Balaban J connectivity index is 0.880. The van der Waals surface area contributed by atoms with Gasteiger partial charge in [0.1, 0.15) is 31.3 Å². The topological polar surface area (TPSA) is 353 Å². The van der Waals surface area contributed by atoms with Gasteiger partial charge >= 0.3 is 12.1 Å². The largest absolute Gasteiger partial charge is 0.509 e. The molecule has 32 heteroatoms. The molecule has 1 aromatic carbocycles. The number of halogens is 2. The van der Waals surface area contributed by atoms with Crippen LogP contribution >= 0.6 is 11.8 Å². The summed E-state index contributed by atoms with van der Waals surface area (Å²) in [5.74, 6) is -5.69. The minimum atomic E-state index is -2.69. The number of cyclic esters (lactones) is 1. The molecule has 0 aliphatic carbocycles. The van der Waals surface area contributed by atoms with Gasteiger partial charge in [-0.2, -0.15) is 0 Å². The number of aryl methyl sites for hydroxylation is 1. The van der Waals surface area contributed by atoms with E-state index in [2.05, 4.69) is 26.6 Å². The van der Waals surface area contributed by atoms with E-state index in [0.717, 1.165) is 34.4 Å². The molecule has 0 unspecified atom stereocenters. The number of carbonyl (C=O) groups is 9. The van der Waals surface area contributed by atoms with E-state index in [-0.39, 0.29) is 107 Å². The van der Waals surface area contributed by atoms with Gasteiger partial charge in [-0.15, -0.1) is 11.8 Å². The van der Waals surface area contributed by atoms with Crippen LogP contribution in [0.25, 0.3) is 22.3 Å². The Morgan fingerprint density at radius 2 is 1.29 bits per heavy atom. The molecule has 0 saturated carbocycles. The molecular formula is C64H88F2N8O21S. The number of amides is 7. The zero-order valence-corrected chi connectivity index (χ0v) is 55.8. The van der Waals surface area contributed by atoms with E-state index >= 15 is 0 Å². The first-order chi connectivity index (χ1) is 46.2. The molecular weight excluding hydrogens is 1290 g/mol. The van der Waals surface area contributed by atoms with Gasteiger partial charge in [-0.25, -0.2) is 23.4 Å². The summed E-state index contributed by atoms with van der Waals surface area (Å²) in [6, 6.07) is 2.30. The van der Waals surface area contributed by atoms with Crippen molar-refractivity contribution in [2.75, 3.05) is 138 Å². The van der Waals surface area contributed by atoms with Gasteiger partial charge in [-0.1, -0.05) is 33.8 Å². The van der Waals surface area contributed by atoms with Crippen LogP contribution in [0.1, 0.15) is 94.5 Å². The first-order valence-electron chi connectivity index (χ1n) is 31.9. The number of pyridine rings is 2. The smallest absolute Gasteiger partial charge is 0.457 e. The molecule has 29 nitrogen and oxygen atoms in total. The molecule has 4 atom stereocenters. The summed E-state index contributed by atoms with van der Waals surface area (Å²) in [5.41, 5.74) is 0.130. The van der Waals surface area contributed by atoms with Crippen molar-refractivity contribution in [1.82, 2.24) is 41.0 Å². The third-order valence-corrected chi connectivity index (χ3v) is 16.3. The van der Waals surface area contributed by atoms with Crippen molar-refractivity contribution in [3.63, 3.8) is 0 Å². The summed E-state index contributed by atoms with van der Waals surface area (Å²) >= 11 is 1.15. The number of benzene rings is 1. The molecule has 0 bridgehead atoms. The third-order valence-electron chi connectivity index (χ3n) is 15.5. The van der Waals surface area contributed by atoms with Gasteiger partial charge in [0.05, 0.1) is 134 Å². The lowest BCUT2D eigenvalue weighted by Gasteiger charge is -2.35. The number of hydrogen-bond acceptors (Lipinski definition) is 23. The van der Waals surface area contributed by atoms with E-state index in [1.54, 1.807) is 33.9 Å². The lowest BCUT2D eigenvalue weighted by Crippen LogP contribution is -2.54. The molecule has 3 aliphatic heterocycles. The first-order valence-corrected chi connectivity index (χ1v) is 33.0. The van der Waals surface area contributed by atoms with Gasteiger partial charge in [0.2, 0.25) is 35.1 Å². The summed E-state index contributed by atoms with van der Waals surface area (Å²) in [6.45, 7) is 13.2. The van der Waals surface area contributed by atoms with Crippen LogP contribution in [0, 0.1) is 5.92 Å². The average Bonchev–Trinajstić information content (AvgIpc) is 1.48. The van der Waals surface area contributed by atoms with Crippen LogP contribution in [-0.2, 0) is 116 Å². The molecule has 3 aromatic rings. The normalized spacial score (nSPS) is 15.6. The van der Waals surface area contributed by atoms with Crippen molar-refractivity contribution in [2.45, 2.75) is 110 Å². The Bertz CT molecular complexity index is 3230. The van der Waals surface area contributed by atoms with Crippen LogP contribution < -0.4 is 32.1 Å². The van der Waals surface area contributed by atoms with Crippen molar-refractivity contribution >= 4 is 76.1 Å². The quantitative estimate of drug-likeness (QED) is 0.0184. The highest BCUT2D eigenvalue weighted by molar-refractivity contribution is 7.99.